The summed E-state index contributed by atoms with van der Waals surface area (Å²) in [5, 5.41) is 2.70. The second-order valence-corrected chi connectivity index (χ2v) is 5.49. The van der Waals surface area contributed by atoms with Crippen LogP contribution in [0.3, 0.4) is 0 Å². The molecule has 23 heavy (non-hydrogen) atoms. The first-order chi connectivity index (χ1) is 10.8. The van der Waals surface area contributed by atoms with E-state index in [1.807, 2.05) is 28.2 Å². The minimum absolute atomic E-state index is 0.0661. The maximum Gasteiger partial charge on any atom is 0.263 e. The smallest absolute Gasteiger partial charge is 0.263 e. The number of nitrogens with one attached hydrogen (secondary N) is 1. The van der Waals surface area contributed by atoms with Crippen LogP contribution in [0.4, 0.5) is 17.5 Å². The highest BCUT2D eigenvalue weighted by Gasteiger charge is 2.16. The molecule has 2 heterocycles. The molecule has 0 aliphatic carbocycles. The van der Waals surface area contributed by atoms with Crippen molar-refractivity contribution >= 4 is 23.4 Å². The highest BCUT2D eigenvalue weighted by molar-refractivity contribution is 6.05. The van der Waals surface area contributed by atoms with Crippen molar-refractivity contribution in [3.63, 3.8) is 0 Å². The number of aryl methyl sites for hydroxylation is 1. The highest BCUT2D eigenvalue weighted by Crippen LogP contribution is 2.23. The average Bonchev–Trinajstić information content (AvgIpc) is 2.49. The van der Waals surface area contributed by atoms with Crippen LogP contribution in [0.25, 0.3) is 0 Å². The second kappa shape index (κ2) is 6.47. The first kappa shape index (κ1) is 16.5. The predicted octanol–water partition coefficient (Wildman–Crippen LogP) is 0.560. The van der Waals surface area contributed by atoms with Gasteiger partial charge in [-0.25, -0.2) is 4.98 Å². The predicted molar refractivity (Wildman–Crippen MR) is 90.3 cm³/mol. The zero-order valence-corrected chi connectivity index (χ0v) is 13.9. The summed E-state index contributed by atoms with van der Waals surface area (Å²) in [5.41, 5.74) is 0.148. The van der Waals surface area contributed by atoms with E-state index >= 15 is 0 Å². The van der Waals surface area contributed by atoms with Gasteiger partial charge in [-0.3, -0.25) is 9.59 Å². The number of rotatable bonds is 4. The van der Waals surface area contributed by atoms with Crippen molar-refractivity contribution in [2.75, 3.05) is 43.3 Å². The molecule has 0 bridgehead atoms. The molecule has 0 aliphatic rings. The fourth-order valence-corrected chi connectivity index (χ4v) is 1.97. The van der Waals surface area contributed by atoms with Gasteiger partial charge in [0.25, 0.3) is 11.5 Å². The molecule has 2 aromatic heterocycles. The zero-order valence-electron chi connectivity index (χ0n) is 13.9. The molecule has 2 rings (SSSR count). The molecule has 0 fully saturated rings. The van der Waals surface area contributed by atoms with Gasteiger partial charge >= 0.3 is 0 Å². The summed E-state index contributed by atoms with van der Waals surface area (Å²) in [7, 11) is 8.90. The van der Waals surface area contributed by atoms with Crippen LogP contribution in [0.5, 0.6) is 0 Å². The van der Waals surface area contributed by atoms with Gasteiger partial charge in [0.1, 0.15) is 11.3 Å². The van der Waals surface area contributed by atoms with Gasteiger partial charge in [-0.05, 0) is 12.1 Å². The van der Waals surface area contributed by atoms with E-state index in [0.29, 0.717) is 17.5 Å². The molecule has 0 radical (unpaired) electrons. The maximum absolute atomic E-state index is 12.4. The van der Waals surface area contributed by atoms with Crippen LogP contribution in [0.15, 0.2) is 29.3 Å². The number of hydrogen-bond acceptors (Lipinski definition) is 6. The minimum atomic E-state index is -0.490. The Kier molecular flexibility index (Phi) is 4.63. The van der Waals surface area contributed by atoms with E-state index < -0.39 is 5.91 Å². The lowest BCUT2D eigenvalue weighted by Crippen LogP contribution is -2.28. The highest BCUT2D eigenvalue weighted by atomic mass is 16.2. The molecule has 0 aromatic carbocycles. The van der Waals surface area contributed by atoms with Crippen LogP contribution in [-0.2, 0) is 7.05 Å². The Hall–Kier alpha value is -2.90. The van der Waals surface area contributed by atoms with Crippen molar-refractivity contribution in [3.05, 3.63) is 40.4 Å². The summed E-state index contributed by atoms with van der Waals surface area (Å²) < 4.78 is 1.35. The van der Waals surface area contributed by atoms with E-state index in [2.05, 4.69) is 15.3 Å². The van der Waals surface area contributed by atoms with Gasteiger partial charge in [-0.15, -0.1) is 0 Å². The average molecular weight is 316 g/mol. The van der Waals surface area contributed by atoms with Gasteiger partial charge in [-0.2, -0.15) is 4.98 Å². The molecule has 0 spiro atoms. The molecule has 8 heteroatoms. The molecule has 8 nitrogen and oxygen atoms in total. The molecule has 0 saturated carbocycles. The largest absolute Gasteiger partial charge is 0.361 e. The third-order valence-corrected chi connectivity index (χ3v) is 3.20. The number of carbonyl (C=O) groups excluding carboxylic acids is 1. The Labute approximate surface area is 134 Å². The number of nitrogens with zero attached hydrogens (tertiary/aromatic N) is 5. The first-order valence-electron chi connectivity index (χ1n) is 7.00. The molecule has 1 N–H and O–H groups in total. The fraction of sp³-hybridized carbons (Fsp3) is 0.333. The van der Waals surface area contributed by atoms with Crippen molar-refractivity contribution in [2.45, 2.75) is 0 Å². The summed E-state index contributed by atoms with van der Waals surface area (Å²) in [6.45, 7) is 0. The number of carbonyl (C=O) groups is 1. The second-order valence-electron chi connectivity index (χ2n) is 5.49. The van der Waals surface area contributed by atoms with E-state index in [0.717, 1.165) is 0 Å². The van der Waals surface area contributed by atoms with Crippen molar-refractivity contribution in [1.29, 1.82) is 0 Å². The van der Waals surface area contributed by atoms with Gasteiger partial charge in [-0.1, -0.05) is 0 Å². The van der Waals surface area contributed by atoms with Crippen LogP contribution in [0.1, 0.15) is 10.4 Å². The quantitative estimate of drug-likeness (QED) is 0.887. The number of aromatic nitrogens is 3. The van der Waals surface area contributed by atoms with E-state index in [1.54, 1.807) is 29.1 Å². The summed E-state index contributed by atoms with van der Waals surface area (Å²) in [6, 6.07) is 3.14. The van der Waals surface area contributed by atoms with Crippen LogP contribution >= 0.6 is 0 Å². The molecule has 0 unspecified atom stereocenters. The lowest BCUT2D eigenvalue weighted by atomic mass is 10.2. The molecule has 122 valence electrons. The Balaban J connectivity index is 2.37. The standard InChI is InChI=1S/C15H20N6O2/c1-19(2)12-11(9-16-15(18-12)20(3)4)17-13(22)10-7-6-8-21(5)14(10)23/h6-9H,1-5H3,(H,17,22). The lowest BCUT2D eigenvalue weighted by Gasteiger charge is -2.19. The van der Waals surface area contributed by atoms with E-state index in [4.69, 9.17) is 0 Å². The summed E-state index contributed by atoms with van der Waals surface area (Å²) >= 11 is 0. The molecule has 0 atom stereocenters. The van der Waals surface area contributed by atoms with Gasteiger partial charge in [0.2, 0.25) is 5.95 Å². The van der Waals surface area contributed by atoms with E-state index in [-0.39, 0.29) is 11.1 Å². The monoisotopic (exact) mass is 316 g/mol. The van der Waals surface area contributed by atoms with Crippen molar-refractivity contribution in [2.24, 2.45) is 7.05 Å². The molecule has 1 amide bonds. The lowest BCUT2D eigenvalue weighted by molar-refractivity contribution is 0.102. The van der Waals surface area contributed by atoms with Gasteiger partial charge in [0, 0.05) is 41.4 Å². The SMILES string of the molecule is CN(C)c1ncc(NC(=O)c2cccn(C)c2=O)c(N(C)C)n1. The Morgan fingerprint density at radius 3 is 2.52 bits per heavy atom. The van der Waals surface area contributed by atoms with Gasteiger partial charge < -0.3 is 19.7 Å². The van der Waals surface area contributed by atoms with Crippen LogP contribution in [0, 0.1) is 0 Å². The molecule has 0 saturated heterocycles. The van der Waals surface area contributed by atoms with Crippen molar-refractivity contribution in [3.8, 4) is 0 Å². The summed E-state index contributed by atoms with van der Waals surface area (Å²) in [6.07, 6.45) is 3.13. The maximum atomic E-state index is 12.4. The topological polar surface area (TPSA) is 83.4 Å². The number of anilines is 3. The van der Waals surface area contributed by atoms with Crippen LogP contribution in [-0.4, -0.2) is 48.6 Å². The summed E-state index contributed by atoms with van der Waals surface area (Å²) in [5.74, 6) is 0.600. The number of pyridine rings is 1. The number of hydrogen-bond donors (Lipinski definition) is 1. The Morgan fingerprint density at radius 1 is 1.22 bits per heavy atom. The normalized spacial score (nSPS) is 10.3. The van der Waals surface area contributed by atoms with Crippen LogP contribution < -0.4 is 20.7 Å². The molecular formula is C15H20N6O2. The third kappa shape index (κ3) is 3.47. The summed E-state index contributed by atoms with van der Waals surface area (Å²) in [4.78, 5) is 36.5. The minimum Gasteiger partial charge on any atom is -0.361 e. The molecule has 2 aromatic rings. The number of amides is 1. The fourth-order valence-electron chi connectivity index (χ4n) is 1.97. The van der Waals surface area contributed by atoms with Gasteiger partial charge in [0.05, 0.1) is 6.20 Å². The van der Waals surface area contributed by atoms with Crippen LogP contribution in [0.2, 0.25) is 0 Å². The van der Waals surface area contributed by atoms with E-state index in [9.17, 15) is 9.59 Å². The first-order valence-corrected chi connectivity index (χ1v) is 7.00. The zero-order chi connectivity index (χ0) is 17.1. The molecule has 0 aliphatic heterocycles. The Morgan fingerprint density at radius 2 is 1.91 bits per heavy atom. The third-order valence-electron chi connectivity index (χ3n) is 3.20. The van der Waals surface area contributed by atoms with Crippen molar-refractivity contribution < 1.29 is 4.79 Å². The van der Waals surface area contributed by atoms with Crippen molar-refractivity contribution in [1.82, 2.24) is 14.5 Å². The van der Waals surface area contributed by atoms with Gasteiger partial charge in [0.15, 0.2) is 5.82 Å². The van der Waals surface area contributed by atoms with E-state index in [1.165, 1.54) is 16.8 Å². The Bertz CT molecular complexity index is 782. The molecular weight excluding hydrogens is 296 g/mol.